The standard InChI is InChI=1S/C15H17ClN2O/c1-10(16)8-11(2)18-15(19)13-5-6-14-12(9-13)4-3-7-17-14/h3-7,9-11H,8H2,1-2H3,(H,18,19). The van der Waals surface area contributed by atoms with Gasteiger partial charge in [-0.1, -0.05) is 6.07 Å². The Bertz CT molecular complexity index is 583. The van der Waals surface area contributed by atoms with Crippen LogP contribution >= 0.6 is 11.6 Å². The Balaban J connectivity index is 2.13. The van der Waals surface area contributed by atoms with E-state index in [2.05, 4.69) is 10.3 Å². The lowest BCUT2D eigenvalue weighted by molar-refractivity contribution is 0.0938. The number of rotatable bonds is 4. The van der Waals surface area contributed by atoms with E-state index >= 15 is 0 Å². The molecule has 0 aliphatic heterocycles. The lowest BCUT2D eigenvalue weighted by atomic mass is 10.1. The molecule has 1 aromatic heterocycles. The van der Waals surface area contributed by atoms with Crippen LogP contribution in [0.1, 0.15) is 30.6 Å². The normalized spacial score (nSPS) is 14.1. The van der Waals surface area contributed by atoms with Gasteiger partial charge in [-0.2, -0.15) is 0 Å². The zero-order valence-corrected chi connectivity index (χ0v) is 11.8. The van der Waals surface area contributed by atoms with Gasteiger partial charge in [0.1, 0.15) is 0 Å². The number of carbonyl (C=O) groups is 1. The van der Waals surface area contributed by atoms with Gasteiger partial charge in [0.15, 0.2) is 0 Å². The number of nitrogens with zero attached hydrogens (tertiary/aromatic N) is 1. The van der Waals surface area contributed by atoms with Crippen molar-refractivity contribution in [1.29, 1.82) is 0 Å². The lowest BCUT2D eigenvalue weighted by Crippen LogP contribution is -2.33. The number of nitrogens with one attached hydrogen (secondary N) is 1. The van der Waals surface area contributed by atoms with Crippen molar-refractivity contribution in [1.82, 2.24) is 10.3 Å². The van der Waals surface area contributed by atoms with Crippen LogP contribution in [0.2, 0.25) is 0 Å². The molecule has 0 saturated heterocycles. The van der Waals surface area contributed by atoms with Crippen LogP contribution in [0, 0.1) is 0 Å². The third kappa shape index (κ3) is 3.67. The maximum atomic E-state index is 12.1. The minimum absolute atomic E-state index is 0.0519. The molecule has 2 unspecified atom stereocenters. The predicted molar refractivity (Wildman–Crippen MR) is 78.6 cm³/mol. The third-order valence-electron chi connectivity index (χ3n) is 2.92. The van der Waals surface area contributed by atoms with Crippen LogP contribution in [-0.4, -0.2) is 22.3 Å². The molecule has 0 aliphatic rings. The van der Waals surface area contributed by atoms with E-state index in [0.717, 1.165) is 17.3 Å². The fourth-order valence-corrected chi connectivity index (χ4v) is 2.34. The molecule has 3 nitrogen and oxygen atoms in total. The summed E-state index contributed by atoms with van der Waals surface area (Å²) in [6.45, 7) is 3.88. The van der Waals surface area contributed by atoms with Gasteiger partial charge in [-0.3, -0.25) is 9.78 Å². The van der Waals surface area contributed by atoms with Crippen molar-refractivity contribution in [3.63, 3.8) is 0 Å². The predicted octanol–water partition coefficient (Wildman–Crippen LogP) is 3.37. The van der Waals surface area contributed by atoms with Gasteiger partial charge in [0, 0.05) is 28.6 Å². The summed E-state index contributed by atoms with van der Waals surface area (Å²) in [5.41, 5.74) is 1.54. The molecule has 19 heavy (non-hydrogen) atoms. The minimum atomic E-state index is -0.0735. The maximum absolute atomic E-state index is 12.1. The first-order chi connectivity index (χ1) is 9.06. The molecule has 100 valence electrons. The van der Waals surface area contributed by atoms with Gasteiger partial charge >= 0.3 is 0 Å². The van der Waals surface area contributed by atoms with Crippen molar-refractivity contribution < 1.29 is 4.79 Å². The Kier molecular flexibility index (Phi) is 4.38. The molecule has 4 heteroatoms. The summed E-state index contributed by atoms with van der Waals surface area (Å²) in [5, 5.41) is 3.97. The van der Waals surface area contributed by atoms with Gasteiger partial charge in [-0.15, -0.1) is 11.6 Å². The highest BCUT2D eigenvalue weighted by Crippen LogP contribution is 2.13. The van der Waals surface area contributed by atoms with E-state index < -0.39 is 0 Å². The topological polar surface area (TPSA) is 42.0 Å². The van der Waals surface area contributed by atoms with Crippen LogP contribution in [0.3, 0.4) is 0 Å². The molecule has 0 spiro atoms. The molecule has 0 fully saturated rings. The number of hydrogen-bond acceptors (Lipinski definition) is 2. The van der Waals surface area contributed by atoms with Gasteiger partial charge in [0.25, 0.3) is 5.91 Å². The number of alkyl halides is 1. The van der Waals surface area contributed by atoms with Crippen LogP contribution < -0.4 is 5.32 Å². The van der Waals surface area contributed by atoms with Crippen molar-refractivity contribution in [2.75, 3.05) is 0 Å². The third-order valence-corrected chi connectivity index (χ3v) is 3.10. The van der Waals surface area contributed by atoms with E-state index in [-0.39, 0.29) is 17.3 Å². The second kappa shape index (κ2) is 6.02. The molecule has 1 amide bonds. The van der Waals surface area contributed by atoms with Gasteiger partial charge in [0.2, 0.25) is 0 Å². The van der Waals surface area contributed by atoms with Crippen molar-refractivity contribution in [3.8, 4) is 0 Å². The first kappa shape index (κ1) is 13.8. The first-order valence-electron chi connectivity index (χ1n) is 6.36. The van der Waals surface area contributed by atoms with Crippen molar-refractivity contribution in [2.45, 2.75) is 31.7 Å². The lowest BCUT2D eigenvalue weighted by Gasteiger charge is -2.15. The minimum Gasteiger partial charge on any atom is -0.350 e. The summed E-state index contributed by atoms with van der Waals surface area (Å²) in [5.74, 6) is -0.0735. The quantitative estimate of drug-likeness (QED) is 0.870. The highest BCUT2D eigenvalue weighted by molar-refractivity contribution is 6.20. The number of hydrogen-bond donors (Lipinski definition) is 1. The fraction of sp³-hybridized carbons (Fsp3) is 0.333. The number of fused-ring (bicyclic) bond motifs is 1. The summed E-state index contributed by atoms with van der Waals surface area (Å²) in [7, 11) is 0. The molecule has 1 N–H and O–H groups in total. The monoisotopic (exact) mass is 276 g/mol. The number of benzene rings is 1. The van der Waals surface area contributed by atoms with Crippen LogP contribution in [-0.2, 0) is 0 Å². The number of pyridine rings is 1. The van der Waals surface area contributed by atoms with Crippen molar-refractivity contribution >= 4 is 28.4 Å². The maximum Gasteiger partial charge on any atom is 0.251 e. The fourth-order valence-electron chi connectivity index (χ4n) is 2.07. The second-order valence-corrected chi connectivity index (χ2v) is 5.55. The number of aromatic nitrogens is 1. The van der Waals surface area contributed by atoms with Gasteiger partial charge in [0.05, 0.1) is 5.52 Å². The molecule has 0 radical (unpaired) electrons. The summed E-state index contributed by atoms with van der Waals surface area (Å²) in [4.78, 5) is 16.3. The number of carbonyl (C=O) groups excluding carboxylic acids is 1. The smallest absolute Gasteiger partial charge is 0.251 e. The summed E-state index contributed by atoms with van der Waals surface area (Å²) < 4.78 is 0. The molecule has 1 aromatic carbocycles. The SMILES string of the molecule is CC(Cl)CC(C)NC(=O)c1ccc2ncccc2c1. The highest BCUT2D eigenvalue weighted by atomic mass is 35.5. The van der Waals surface area contributed by atoms with E-state index in [0.29, 0.717) is 5.56 Å². The molecule has 2 atom stereocenters. The largest absolute Gasteiger partial charge is 0.350 e. The zero-order chi connectivity index (χ0) is 13.8. The van der Waals surface area contributed by atoms with E-state index in [1.165, 1.54) is 0 Å². The molecule has 0 aliphatic carbocycles. The Hall–Kier alpha value is -1.61. The molecular weight excluding hydrogens is 260 g/mol. The van der Waals surface area contributed by atoms with Crippen LogP contribution in [0.15, 0.2) is 36.5 Å². The number of amides is 1. The molecule has 2 aromatic rings. The number of halogens is 1. The Morgan fingerprint density at radius 2 is 2.16 bits per heavy atom. The molecule has 1 heterocycles. The van der Waals surface area contributed by atoms with E-state index in [1.807, 2.05) is 38.1 Å². The van der Waals surface area contributed by atoms with E-state index in [1.54, 1.807) is 12.3 Å². The zero-order valence-electron chi connectivity index (χ0n) is 11.1. The van der Waals surface area contributed by atoms with Crippen LogP contribution in [0.4, 0.5) is 0 Å². The average Bonchev–Trinajstić information content (AvgIpc) is 2.37. The summed E-state index contributed by atoms with van der Waals surface area (Å²) in [6.07, 6.45) is 2.49. The van der Waals surface area contributed by atoms with E-state index in [4.69, 9.17) is 11.6 Å². The Labute approximate surface area is 118 Å². The van der Waals surface area contributed by atoms with Gasteiger partial charge in [-0.25, -0.2) is 0 Å². The molecular formula is C15H17ClN2O. The average molecular weight is 277 g/mol. The Morgan fingerprint density at radius 3 is 2.89 bits per heavy atom. The highest BCUT2D eigenvalue weighted by Gasteiger charge is 2.12. The second-order valence-electron chi connectivity index (χ2n) is 4.80. The van der Waals surface area contributed by atoms with Gasteiger partial charge < -0.3 is 5.32 Å². The summed E-state index contributed by atoms with van der Waals surface area (Å²) >= 11 is 5.92. The summed E-state index contributed by atoms with van der Waals surface area (Å²) in [6, 6.07) is 9.38. The van der Waals surface area contributed by atoms with Crippen LogP contribution in [0.5, 0.6) is 0 Å². The van der Waals surface area contributed by atoms with Crippen LogP contribution in [0.25, 0.3) is 10.9 Å². The van der Waals surface area contributed by atoms with E-state index in [9.17, 15) is 4.79 Å². The molecule has 0 saturated carbocycles. The van der Waals surface area contributed by atoms with Gasteiger partial charge in [-0.05, 0) is 44.5 Å². The first-order valence-corrected chi connectivity index (χ1v) is 6.79. The van der Waals surface area contributed by atoms with Crippen molar-refractivity contribution in [2.24, 2.45) is 0 Å². The molecule has 2 rings (SSSR count). The molecule has 0 bridgehead atoms. The Morgan fingerprint density at radius 1 is 1.37 bits per heavy atom. The van der Waals surface area contributed by atoms with Crippen molar-refractivity contribution in [3.05, 3.63) is 42.1 Å².